The molecule has 0 aliphatic carbocycles. The van der Waals surface area contributed by atoms with Crippen LogP contribution in [0.2, 0.25) is 0 Å². The summed E-state index contributed by atoms with van der Waals surface area (Å²) in [6.07, 6.45) is -1.09. The molecule has 1 saturated heterocycles. The quantitative estimate of drug-likeness (QED) is 0.395. The van der Waals surface area contributed by atoms with E-state index in [1.54, 1.807) is 37.3 Å². The van der Waals surface area contributed by atoms with Crippen molar-refractivity contribution in [2.24, 2.45) is 0 Å². The maximum absolute atomic E-state index is 13.5. The Bertz CT molecular complexity index is 1360. The number of benzene rings is 1. The van der Waals surface area contributed by atoms with Gasteiger partial charge in [0.1, 0.15) is 11.7 Å². The molecule has 1 aromatic heterocycles. The number of carbonyl (C=O) groups is 4. The summed E-state index contributed by atoms with van der Waals surface area (Å²) in [4.78, 5) is 61.6. The second-order valence-electron chi connectivity index (χ2n) is 9.07. The molecule has 216 valence electrons. The number of hydrogen-bond donors (Lipinski definition) is 2. The van der Waals surface area contributed by atoms with Crippen molar-refractivity contribution in [3.05, 3.63) is 41.6 Å². The number of aliphatic carboxylic acids is 1. The Kier molecular flexibility index (Phi) is 10.2. The van der Waals surface area contributed by atoms with Crippen LogP contribution in [0.1, 0.15) is 42.7 Å². The summed E-state index contributed by atoms with van der Waals surface area (Å²) >= 11 is 0. The summed E-state index contributed by atoms with van der Waals surface area (Å²) in [6.45, 7) is 5.55. The van der Waals surface area contributed by atoms with Gasteiger partial charge >= 0.3 is 12.1 Å². The minimum absolute atomic E-state index is 0.0199. The van der Waals surface area contributed by atoms with Gasteiger partial charge < -0.3 is 25.0 Å². The first-order chi connectivity index (χ1) is 19.0. The predicted molar refractivity (Wildman–Crippen MR) is 143 cm³/mol. The molecule has 0 spiro atoms. The molecular formula is C26H33N5O8S. The summed E-state index contributed by atoms with van der Waals surface area (Å²) in [7, 11) is -3.84. The number of carbonyl (C=O) groups excluding carboxylic acids is 3. The molecule has 0 radical (unpaired) electrons. The van der Waals surface area contributed by atoms with Crippen LogP contribution in [-0.4, -0.2) is 102 Å². The Morgan fingerprint density at radius 1 is 1.02 bits per heavy atom. The first-order valence-electron chi connectivity index (χ1n) is 12.9. The summed E-state index contributed by atoms with van der Waals surface area (Å²) in [6, 6.07) is 7.32. The van der Waals surface area contributed by atoms with E-state index in [4.69, 9.17) is 4.74 Å². The van der Waals surface area contributed by atoms with Gasteiger partial charge in [0.2, 0.25) is 5.91 Å². The van der Waals surface area contributed by atoms with Gasteiger partial charge in [0.05, 0.1) is 12.4 Å². The van der Waals surface area contributed by atoms with Crippen LogP contribution in [0.5, 0.6) is 0 Å². The van der Waals surface area contributed by atoms with Gasteiger partial charge in [-0.15, -0.1) is 0 Å². The molecule has 1 atom stereocenters. The average Bonchev–Trinajstić information content (AvgIpc) is 2.95. The number of carboxylic acids is 1. The fraction of sp³-hybridized carbons (Fsp3) is 0.462. The lowest BCUT2D eigenvalue weighted by Gasteiger charge is -2.36. The molecule has 3 rings (SSSR count). The Labute approximate surface area is 232 Å². The molecule has 1 fully saturated rings. The van der Waals surface area contributed by atoms with Crippen LogP contribution >= 0.6 is 0 Å². The molecule has 0 unspecified atom stereocenters. The van der Waals surface area contributed by atoms with Crippen molar-refractivity contribution in [1.82, 2.24) is 25.1 Å². The number of rotatable bonds is 10. The van der Waals surface area contributed by atoms with Crippen LogP contribution in [-0.2, 0) is 24.2 Å². The number of ether oxygens (including phenoxy) is 1. The van der Waals surface area contributed by atoms with E-state index in [2.05, 4.69) is 15.3 Å². The molecule has 13 nitrogen and oxygen atoms in total. The Morgan fingerprint density at radius 3 is 2.23 bits per heavy atom. The molecule has 40 heavy (non-hydrogen) atoms. The summed E-state index contributed by atoms with van der Waals surface area (Å²) in [5.41, 5.74) is 0.273. The molecule has 2 heterocycles. The van der Waals surface area contributed by atoms with Crippen molar-refractivity contribution in [2.45, 2.75) is 44.7 Å². The lowest BCUT2D eigenvalue weighted by Crippen LogP contribution is -2.56. The SMILES string of the molecule is CCOC(=O)N1CCN(C(=O)[C@H](CCC(=O)O)NC(=O)c2nc(-c3ccccc3)nc(S(=O)(=O)CC)c2C)CC1. The van der Waals surface area contributed by atoms with Crippen LogP contribution in [0.3, 0.4) is 0 Å². The topological polar surface area (TPSA) is 176 Å². The smallest absolute Gasteiger partial charge is 0.409 e. The van der Waals surface area contributed by atoms with E-state index < -0.39 is 46.2 Å². The molecule has 0 bridgehead atoms. The fourth-order valence-corrected chi connectivity index (χ4v) is 5.23. The molecular weight excluding hydrogens is 542 g/mol. The normalized spacial score (nSPS) is 14.4. The third-order valence-corrected chi connectivity index (χ3v) is 8.14. The van der Waals surface area contributed by atoms with Gasteiger partial charge in [-0.05, 0) is 20.3 Å². The lowest BCUT2D eigenvalue weighted by molar-refractivity contribution is -0.138. The van der Waals surface area contributed by atoms with Gasteiger partial charge in [-0.2, -0.15) is 0 Å². The van der Waals surface area contributed by atoms with Crippen molar-refractivity contribution in [3.8, 4) is 11.4 Å². The van der Waals surface area contributed by atoms with Crippen LogP contribution in [0.25, 0.3) is 11.4 Å². The number of nitrogens with zero attached hydrogens (tertiary/aromatic N) is 4. The van der Waals surface area contributed by atoms with Gasteiger partial charge in [-0.3, -0.25) is 14.4 Å². The third kappa shape index (κ3) is 7.31. The second kappa shape index (κ2) is 13.3. The maximum Gasteiger partial charge on any atom is 0.409 e. The summed E-state index contributed by atoms with van der Waals surface area (Å²) < 4.78 is 30.6. The number of sulfone groups is 1. The van der Waals surface area contributed by atoms with E-state index in [0.29, 0.717) is 5.56 Å². The molecule has 0 saturated carbocycles. The molecule has 1 aliphatic heterocycles. The highest BCUT2D eigenvalue weighted by Gasteiger charge is 2.32. The zero-order valence-corrected chi connectivity index (χ0v) is 23.4. The Balaban J connectivity index is 1.91. The third-order valence-electron chi connectivity index (χ3n) is 6.39. The highest BCUT2D eigenvalue weighted by molar-refractivity contribution is 7.91. The van der Waals surface area contributed by atoms with Gasteiger partial charge in [0.25, 0.3) is 5.91 Å². The molecule has 14 heteroatoms. The van der Waals surface area contributed by atoms with E-state index >= 15 is 0 Å². The number of aromatic nitrogens is 2. The molecule has 1 aliphatic rings. The number of nitrogens with one attached hydrogen (secondary N) is 1. The molecule has 3 amide bonds. The predicted octanol–water partition coefficient (Wildman–Crippen LogP) is 1.51. The van der Waals surface area contributed by atoms with Gasteiger partial charge in [0.15, 0.2) is 20.7 Å². The molecule has 2 aromatic rings. The van der Waals surface area contributed by atoms with E-state index in [1.165, 1.54) is 23.6 Å². The summed E-state index contributed by atoms with van der Waals surface area (Å²) in [5.74, 6) is -2.74. The van der Waals surface area contributed by atoms with Crippen LogP contribution in [0.4, 0.5) is 4.79 Å². The summed E-state index contributed by atoms with van der Waals surface area (Å²) in [5, 5.41) is 11.5. The van der Waals surface area contributed by atoms with E-state index in [1.807, 2.05) is 0 Å². The highest BCUT2D eigenvalue weighted by atomic mass is 32.2. The standard InChI is InChI=1S/C26H33N5O8S/c1-4-39-26(36)31-15-13-30(14-16-31)25(35)19(11-12-20(32)33)27-23(34)21-17(3)24(40(37,38)5-2)29-22(28-21)18-9-7-6-8-10-18/h6-10,19H,4-5,11-16H2,1-3H3,(H,27,34)(H,32,33)/t19-/m0/s1. The van der Waals surface area contributed by atoms with Crippen molar-refractivity contribution in [3.63, 3.8) is 0 Å². The second-order valence-corrected chi connectivity index (χ2v) is 11.3. The minimum atomic E-state index is -3.84. The van der Waals surface area contributed by atoms with E-state index in [-0.39, 0.29) is 67.1 Å². The largest absolute Gasteiger partial charge is 0.481 e. The lowest BCUT2D eigenvalue weighted by atomic mass is 10.1. The van der Waals surface area contributed by atoms with Crippen LogP contribution in [0.15, 0.2) is 35.4 Å². The Morgan fingerprint density at radius 2 is 1.65 bits per heavy atom. The zero-order valence-electron chi connectivity index (χ0n) is 22.6. The van der Waals surface area contributed by atoms with Crippen molar-refractivity contribution in [2.75, 3.05) is 38.5 Å². The number of carboxylic acid groups (broad SMARTS) is 1. The van der Waals surface area contributed by atoms with Crippen LogP contribution < -0.4 is 5.32 Å². The maximum atomic E-state index is 13.5. The zero-order chi connectivity index (χ0) is 29.4. The van der Waals surface area contributed by atoms with E-state index in [0.717, 1.165) is 0 Å². The molecule has 2 N–H and O–H groups in total. The molecule has 1 aromatic carbocycles. The minimum Gasteiger partial charge on any atom is -0.481 e. The first kappa shape index (κ1) is 30.5. The Hall–Kier alpha value is -4.07. The highest BCUT2D eigenvalue weighted by Crippen LogP contribution is 2.23. The average molecular weight is 576 g/mol. The van der Waals surface area contributed by atoms with Crippen LogP contribution in [0, 0.1) is 6.92 Å². The van der Waals surface area contributed by atoms with Crippen molar-refractivity contribution in [1.29, 1.82) is 0 Å². The van der Waals surface area contributed by atoms with Gasteiger partial charge in [0, 0.05) is 43.7 Å². The monoisotopic (exact) mass is 575 g/mol. The van der Waals surface area contributed by atoms with Crippen molar-refractivity contribution < 1.29 is 37.4 Å². The number of amides is 3. The van der Waals surface area contributed by atoms with E-state index in [9.17, 15) is 32.7 Å². The number of piperazine rings is 1. The first-order valence-corrected chi connectivity index (χ1v) is 14.5. The number of hydrogen-bond acceptors (Lipinski definition) is 9. The fourth-order valence-electron chi connectivity index (χ4n) is 4.17. The van der Waals surface area contributed by atoms with Crippen molar-refractivity contribution >= 4 is 33.7 Å². The van der Waals surface area contributed by atoms with Gasteiger partial charge in [-0.1, -0.05) is 37.3 Å². The van der Waals surface area contributed by atoms with Gasteiger partial charge in [-0.25, -0.2) is 23.2 Å².